The number of nitrogens with one attached hydrogen (secondary N) is 1. The van der Waals surface area contributed by atoms with Gasteiger partial charge in [0.1, 0.15) is 9.96 Å². The van der Waals surface area contributed by atoms with E-state index in [9.17, 15) is 23.4 Å². The molecule has 0 aliphatic rings. The Balaban J connectivity index is 1.92. The van der Waals surface area contributed by atoms with E-state index in [1.54, 1.807) is 11.4 Å². The number of sulfone groups is 1. The number of pyridine rings is 1. The number of aromatic nitrogens is 1. The van der Waals surface area contributed by atoms with Crippen molar-refractivity contribution in [1.82, 2.24) is 10.3 Å². The predicted octanol–water partition coefficient (Wildman–Crippen LogP) is 0.413. The molecule has 0 aliphatic carbocycles. The summed E-state index contributed by atoms with van der Waals surface area (Å²) in [7, 11) is -3.58. The molecule has 1 amide bonds. The number of carbonyl (C=O) groups excluding carboxylic acids is 1. The Morgan fingerprint density at radius 3 is 2.77 bits per heavy atom. The molecule has 0 radical (unpaired) electrons. The van der Waals surface area contributed by atoms with Crippen molar-refractivity contribution in [2.45, 2.75) is 10.3 Å². The van der Waals surface area contributed by atoms with Crippen molar-refractivity contribution < 1.29 is 23.4 Å². The number of hydrogen-bond donors (Lipinski definition) is 3. The maximum absolute atomic E-state index is 12.0. The molecular formula is C13H14N2O5S2. The summed E-state index contributed by atoms with van der Waals surface area (Å²) in [6, 6.07) is 5.83. The van der Waals surface area contributed by atoms with E-state index in [1.165, 1.54) is 24.4 Å². The third-order valence-corrected chi connectivity index (χ3v) is 6.00. The maximum atomic E-state index is 12.0. The van der Waals surface area contributed by atoms with Crippen LogP contribution in [0.5, 0.6) is 5.75 Å². The number of thiophene rings is 1. The Kier molecular flexibility index (Phi) is 5.11. The molecule has 118 valence electrons. The molecule has 2 aromatic heterocycles. The van der Waals surface area contributed by atoms with Crippen molar-refractivity contribution in [1.29, 1.82) is 0 Å². The molecule has 0 saturated carbocycles. The van der Waals surface area contributed by atoms with Gasteiger partial charge in [0.2, 0.25) is 0 Å². The Labute approximate surface area is 131 Å². The van der Waals surface area contributed by atoms with Crippen molar-refractivity contribution in [2.24, 2.45) is 0 Å². The summed E-state index contributed by atoms with van der Waals surface area (Å²) in [5.41, 5.74) is -0.184. The van der Waals surface area contributed by atoms with Gasteiger partial charge >= 0.3 is 0 Å². The molecule has 2 rings (SSSR count). The summed E-state index contributed by atoms with van der Waals surface area (Å²) in [5, 5.41) is 23.2. The minimum Gasteiger partial charge on any atom is -0.505 e. The minimum atomic E-state index is -3.58. The van der Waals surface area contributed by atoms with E-state index < -0.39 is 27.6 Å². The van der Waals surface area contributed by atoms with Crippen molar-refractivity contribution in [3.8, 4) is 5.75 Å². The third kappa shape index (κ3) is 4.03. The number of hydrogen-bond acceptors (Lipinski definition) is 7. The summed E-state index contributed by atoms with van der Waals surface area (Å²) >= 11 is 1.07. The first-order valence-electron chi connectivity index (χ1n) is 6.26. The van der Waals surface area contributed by atoms with Crippen LogP contribution in [0.3, 0.4) is 0 Å². The normalized spacial score (nSPS) is 12.8. The van der Waals surface area contributed by atoms with Crippen molar-refractivity contribution >= 4 is 27.1 Å². The van der Waals surface area contributed by atoms with Gasteiger partial charge in [-0.15, -0.1) is 11.3 Å². The average Bonchev–Trinajstić information content (AvgIpc) is 3.00. The number of nitrogens with zero attached hydrogens (tertiary/aromatic N) is 1. The highest BCUT2D eigenvalue weighted by Gasteiger charge is 2.21. The Bertz CT molecular complexity index is 744. The van der Waals surface area contributed by atoms with Gasteiger partial charge in [-0.25, -0.2) is 13.4 Å². The number of aliphatic hydroxyl groups excluding tert-OH is 1. The van der Waals surface area contributed by atoms with Gasteiger partial charge in [0, 0.05) is 12.7 Å². The van der Waals surface area contributed by atoms with Gasteiger partial charge in [0.25, 0.3) is 5.91 Å². The second kappa shape index (κ2) is 6.86. The zero-order chi connectivity index (χ0) is 16.2. The Morgan fingerprint density at radius 2 is 2.14 bits per heavy atom. The molecule has 0 spiro atoms. The van der Waals surface area contributed by atoms with Crippen LogP contribution in [-0.4, -0.2) is 47.9 Å². The van der Waals surface area contributed by atoms with Crippen LogP contribution in [0.1, 0.15) is 10.5 Å². The first-order valence-corrected chi connectivity index (χ1v) is 8.80. The molecule has 0 bridgehead atoms. The topological polar surface area (TPSA) is 117 Å². The quantitative estimate of drug-likeness (QED) is 0.700. The highest BCUT2D eigenvalue weighted by atomic mass is 32.2. The number of aromatic hydroxyl groups is 1. The second-order valence-corrected chi connectivity index (χ2v) is 7.66. The zero-order valence-corrected chi connectivity index (χ0v) is 13.0. The van der Waals surface area contributed by atoms with Crippen molar-refractivity contribution in [3.63, 3.8) is 0 Å². The van der Waals surface area contributed by atoms with Gasteiger partial charge in [0.15, 0.2) is 15.5 Å². The van der Waals surface area contributed by atoms with Crippen LogP contribution in [0.4, 0.5) is 0 Å². The van der Waals surface area contributed by atoms with E-state index in [1.807, 2.05) is 0 Å². The number of aliphatic hydroxyl groups is 1. The van der Waals surface area contributed by atoms with Crippen LogP contribution >= 0.6 is 11.3 Å². The molecule has 2 aromatic rings. The van der Waals surface area contributed by atoms with Gasteiger partial charge in [-0.1, -0.05) is 6.07 Å². The summed E-state index contributed by atoms with van der Waals surface area (Å²) in [6.45, 7) is -0.264. The van der Waals surface area contributed by atoms with Crippen LogP contribution in [0.25, 0.3) is 0 Å². The number of rotatable bonds is 6. The molecule has 22 heavy (non-hydrogen) atoms. The fraction of sp³-hybridized carbons (Fsp3) is 0.231. The van der Waals surface area contributed by atoms with Crippen LogP contribution in [0.15, 0.2) is 40.1 Å². The van der Waals surface area contributed by atoms with Gasteiger partial charge in [-0.05, 0) is 23.6 Å². The van der Waals surface area contributed by atoms with Gasteiger partial charge in [-0.2, -0.15) is 0 Å². The lowest BCUT2D eigenvalue weighted by molar-refractivity contribution is 0.0917. The van der Waals surface area contributed by atoms with Crippen LogP contribution in [0.2, 0.25) is 0 Å². The smallest absolute Gasteiger partial charge is 0.273 e. The lowest BCUT2D eigenvalue weighted by Crippen LogP contribution is -2.36. The first kappa shape index (κ1) is 16.4. The van der Waals surface area contributed by atoms with E-state index in [2.05, 4.69) is 10.3 Å². The molecular weight excluding hydrogens is 328 g/mol. The molecule has 0 fully saturated rings. The molecule has 3 N–H and O–H groups in total. The minimum absolute atomic E-state index is 0.167. The molecule has 0 saturated heterocycles. The summed E-state index contributed by atoms with van der Waals surface area (Å²) in [6.07, 6.45) is 0.0775. The van der Waals surface area contributed by atoms with E-state index in [0.717, 1.165) is 11.3 Å². The van der Waals surface area contributed by atoms with Gasteiger partial charge in [-0.3, -0.25) is 4.79 Å². The fourth-order valence-corrected chi connectivity index (χ4v) is 4.18. The van der Waals surface area contributed by atoms with Crippen LogP contribution in [0, 0.1) is 0 Å². The Hall–Kier alpha value is -1.97. The molecule has 1 atom stereocenters. The van der Waals surface area contributed by atoms with Crippen molar-refractivity contribution in [2.75, 3.05) is 12.3 Å². The lowest BCUT2D eigenvalue weighted by Gasteiger charge is -2.11. The lowest BCUT2D eigenvalue weighted by atomic mass is 10.3. The molecule has 0 aliphatic heterocycles. The third-order valence-electron chi connectivity index (χ3n) is 2.71. The van der Waals surface area contributed by atoms with Crippen LogP contribution < -0.4 is 5.32 Å². The maximum Gasteiger partial charge on any atom is 0.273 e. The highest BCUT2D eigenvalue weighted by molar-refractivity contribution is 7.93. The van der Waals surface area contributed by atoms with Gasteiger partial charge in [0.05, 0.1) is 11.9 Å². The Morgan fingerprint density at radius 1 is 1.36 bits per heavy atom. The van der Waals surface area contributed by atoms with E-state index in [4.69, 9.17) is 0 Å². The predicted molar refractivity (Wildman–Crippen MR) is 80.6 cm³/mol. The van der Waals surface area contributed by atoms with E-state index in [0.29, 0.717) is 0 Å². The largest absolute Gasteiger partial charge is 0.505 e. The summed E-state index contributed by atoms with van der Waals surface area (Å²) in [5.74, 6) is -1.48. The van der Waals surface area contributed by atoms with Gasteiger partial charge < -0.3 is 15.5 Å². The van der Waals surface area contributed by atoms with E-state index >= 15 is 0 Å². The molecule has 0 aromatic carbocycles. The first-order chi connectivity index (χ1) is 10.4. The molecule has 9 heteroatoms. The SMILES string of the molecule is O=C(NC[C@H](O)CS(=O)(=O)c1cccs1)c1ncccc1O. The van der Waals surface area contributed by atoms with Crippen LogP contribution in [-0.2, 0) is 9.84 Å². The van der Waals surface area contributed by atoms with E-state index in [-0.39, 0.29) is 22.2 Å². The molecule has 2 heterocycles. The van der Waals surface area contributed by atoms with Crippen molar-refractivity contribution in [3.05, 3.63) is 41.5 Å². The average molecular weight is 342 g/mol. The monoisotopic (exact) mass is 342 g/mol. The highest BCUT2D eigenvalue weighted by Crippen LogP contribution is 2.18. The number of amides is 1. The second-order valence-electron chi connectivity index (χ2n) is 4.45. The molecule has 7 nitrogen and oxygen atoms in total. The standard InChI is InChI=1S/C13H14N2O5S2/c16-9(8-22(19,20)11-4-2-6-21-11)7-15-13(18)12-10(17)3-1-5-14-12/h1-6,9,16-17H,7-8H2,(H,15,18)/t9-/m0/s1. The fourth-order valence-electron chi connectivity index (χ4n) is 1.70. The number of carbonyl (C=O) groups is 1. The zero-order valence-electron chi connectivity index (χ0n) is 11.3. The summed E-state index contributed by atoms with van der Waals surface area (Å²) < 4.78 is 24.1. The molecule has 0 unspecified atom stereocenters. The summed E-state index contributed by atoms with van der Waals surface area (Å²) in [4.78, 5) is 15.5.